The van der Waals surface area contributed by atoms with Gasteiger partial charge in [0.05, 0.1) is 4.90 Å². The van der Waals surface area contributed by atoms with E-state index >= 15 is 0 Å². The zero-order valence-electron chi connectivity index (χ0n) is 8.11. The minimum absolute atomic E-state index is 0.0381. The van der Waals surface area contributed by atoms with Gasteiger partial charge in [0.25, 0.3) is 0 Å². The lowest BCUT2D eigenvalue weighted by molar-refractivity contribution is -0.807. The van der Waals surface area contributed by atoms with Crippen LogP contribution in [0.4, 0.5) is 0 Å². The number of rotatable bonds is 3. The van der Waals surface area contributed by atoms with E-state index in [2.05, 4.69) is 9.79 Å². The molecule has 0 radical (unpaired) electrons. The number of hydrogen-bond acceptors (Lipinski definition) is 5. The van der Waals surface area contributed by atoms with Crippen LogP contribution in [0.1, 0.15) is 5.69 Å². The van der Waals surface area contributed by atoms with Crippen molar-refractivity contribution < 1.29 is 17.9 Å². The Hall–Kier alpha value is -1.89. The lowest BCUT2D eigenvalue weighted by atomic mass is 10.4. The van der Waals surface area contributed by atoms with Crippen LogP contribution in [0.3, 0.4) is 0 Å². The summed E-state index contributed by atoms with van der Waals surface area (Å²) in [6, 6.07) is 7.89. The Morgan fingerprint density at radius 1 is 1.31 bits per heavy atom. The molecule has 0 saturated carbocycles. The van der Waals surface area contributed by atoms with Crippen molar-refractivity contribution in [1.29, 1.82) is 0 Å². The number of hydrogen-bond donors (Lipinski definition) is 0. The number of nitrogens with zero attached hydrogens (tertiary/aromatic N) is 2. The van der Waals surface area contributed by atoms with Gasteiger partial charge in [-0.2, -0.15) is 0 Å². The van der Waals surface area contributed by atoms with Gasteiger partial charge in [0, 0.05) is 5.16 Å². The summed E-state index contributed by atoms with van der Waals surface area (Å²) in [5.41, 5.74) is -0.0381. The molecule has 0 atom stereocenters. The fourth-order valence-electron chi connectivity index (χ4n) is 1.22. The Morgan fingerprint density at radius 2 is 2.00 bits per heavy atom. The molecular weight excluding hydrogens is 232 g/mol. The molecule has 0 N–H and O–H groups in total. The molecule has 0 aliphatic rings. The average molecular weight is 240 g/mol. The van der Waals surface area contributed by atoms with Crippen LogP contribution in [0.2, 0.25) is 0 Å². The van der Waals surface area contributed by atoms with E-state index in [0.717, 1.165) is 6.20 Å². The second-order valence-corrected chi connectivity index (χ2v) is 5.13. The molecule has 0 unspecified atom stereocenters. The van der Waals surface area contributed by atoms with Crippen molar-refractivity contribution in [3.8, 4) is 0 Å². The average Bonchev–Trinajstić information content (AvgIpc) is 2.65. The molecule has 84 valence electrons. The van der Waals surface area contributed by atoms with E-state index in [-0.39, 0.29) is 15.5 Å². The molecule has 1 aromatic heterocycles. The summed E-state index contributed by atoms with van der Waals surface area (Å²) in [6.07, 6.45) is 1.09. The van der Waals surface area contributed by atoms with Gasteiger partial charge in [-0.1, -0.05) is 18.2 Å². The van der Waals surface area contributed by atoms with Crippen molar-refractivity contribution in [2.45, 2.75) is 10.6 Å². The van der Waals surface area contributed by atoms with E-state index in [0.29, 0.717) is 0 Å². The zero-order chi connectivity index (χ0) is 11.6. The van der Waals surface area contributed by atoms with Crippen LogP contribution in [0.25, 0.3) is 0 Å². The fourth-order valence-corrected chi connectivity index (χ4v) is 2.53. The first-order valence-corrected chi connectivity index (χ1v) is 6.06. The molecule has 0 amide bonds. The minimum Gasteiger partial charge on any atom is -0.359 e. The predicted molar refractivity (Wildman–Crippen MR) is 52.8 cm³/mol. The minimum atomic E-state index is -3.53. The zero-order valence-corrected chi connectivity index (χ0v) is 8.92. The smallest absolute Gasteiger partial charge is 0.210 e. The molecule has 0 saturated heterocycles. The molecule has 0 aliphatic carbocycles. The first-order chi connectivity index (χ1) is 7.59. The van der Waals surface area contributed by atoms with Crippen molar-refractivity contribution >= 4 is 9.84 Å². The molecule has 0 aliphatic heterocycles. The Morgan fingerprint density at radius 3 is 2.56 bits per heavy atom. The molecule has 1 aromatic carbocycles. The van der Waals surface area contributed by atoms with Gasteiger partial charge in [-0.25, -0.2) is 8.42 Å². The molecule has 2 rings (SSSR count). The highest BCUT2D eigenvalue weighted by molar-refractivity contribution is 7.90. The molecule has 1 heterocycles. The van der Waals surface area contributed by atoms with Crippen molar-refractivity contribution in [2.75, 3.05) is 0 Å². The third-order valence-electron chi connectivity index (χ3n) is 2.00. The Bertz CT molecular complexity index is 577. The van der Waals surface area contributed by atoms with Crippen LogP contribution in [0, 0.1) is 5.21 Å². The maximum Gasteiger partial charge on any atom is 0.210 e. The normalized spacial score (nSPS) is 11.5. The van der Waals surface area contributed by atoms with Gasteiger partial charge in [-0.3, -0.25) is 4.63 Å². The number of benzene rings is 1. The third-order valence-corrected chi connectivity index (χ3v) is 3.66. The molecule has 2 aromatic rings. The van der Waals surface area contributed by atoms with Gasteiger partial charge in [0.15, 0.2) is 9.84 Å². The van der Waals surface area contributed by atoms with E-state index < -0.39 is 15.6 Å². The highest BCUT2D eigenvalue weighted by atomic mass is 32.2. The summed E-state index contributed by atoms with van der Waals surface area (Å²) >= 11 is 0. The van der Waals surface area contributed by atoms with Crippen LogP contribution >= 0.6 is 0 Å². The van der Waals surface area contributed by atoms with Crippen LogP contribution in [-0.4, -0.2) is 13.6 Å². The predicted octanol–water partition coefficient (Wildman–Crippen LogP) is 0.282. The first kappa shape index (κ1) is 10.6. The van der Waals surface area contributed by atoms with Crippen LogP contribution < -0.4 is 4.90 Å². The summed E-state index contributed by atoms with van der Waals surface area (Å²) in [5.74, 6) is -0.427. The Balaban J connectivity index is 2.32. The lowest BCUT2D eigenvalue weighted by Crippen LogP contribution is -2.29. The van der Waals surface area contributed by atoms with Gasteiger partial charge in [0.1, 0.15) is 5.75 Å². The Labute approximate surface area is 91.6 Å². The van der Waals surface area contributed by atoms with Crippen molar-refractivity contribution in [2.24, 2.45) is 0 Å². The van der Waals surface area contributed by atoms with Gasteiger partial charge in [-0.05, 0) is 17.0 Å². The second kappa shape index (κ2) is 3.93. The van der Waals surface area contributed by atoms with Gasteiger partial charge < -0.3 is 5.21 Å². The van der Waals surface area contributed by atoms with Crippen molar-refractivity contribution in [3.63, 3.8) is 0 Å². The van der Waals surface area contributed by atoms with Gasteiger partial charge in [0.2, 0.25) is 11.9 Å². The molecular formula is C9H8N2O4S. The quantitative estimate of drug-likeness (QED) is 0.719. The van der Waals surface area contributed by atoms with Gasteiger partial charge >= 0.3 is 0 Å². The standard InChI is InChI=1S/C9H8N2O4S/c12-11-8(6-10-15-11)7-16(13,14)9-4-2-1-3-5-9/h1-6H,7H2. The SMILES string of the molecule is O=S(=O)(Cc1cno[n+]1[O-])c1ccccc1. The lowest BCUT2D eigenvalue weighted by Gasteiger charge is -2.01. The molecule has 0 fully saturated rings. The monoisotopic (exact) mass is 240 g/mol. The summed E-state index contributed by atoms with van der Waals surface area (Å²) in [5, 5.41) is 14.2. The van der Waals surface area contributed by atoms with Crippen LogP contribution in [-0.2, 0) is 15.6 Å². The first-order valence-electron chi connectivity index (χ1n) is 4.41. The van der Waals surface area contributed by atoms with Gasteiger partial charge in [-0.15, -0.1) is 0 Å². The summed E-state index contributed by atoms with van der Waals surface area (Å²) in [6.45, 7) is 0. The van der Waals surface area contributed by atoms with E-state index in [1.54, 1.807) is 18.2 Å². The summed E-state index contributed by atoms with van der Waals surface area (Å²) < 4.78 is 27.9. The second-order valence-electron chi connectivity index (χ2n) is 3.14. The van der Waals surface area contributed by atoms with E-state index in [4.69, 9.17) is 0 Å². The fraction of sp³-hybridized carbons (Fsp3) is 0.111. The Kier molecular flexibility index (Phi) is 2.61. The van der Waals surface area contributed by atoms with E-state index in [1.807, 2.05) is 0 Å². The number of aromatic nitrogens is 2. The third kappa shape index (κ3) is 2.03. The summed E-state index contributed by atoms with van der Waals surface area (Å²) in [7, 11) is -3.53. The van der Waals surface area contributed by atoms with E-state index in [9.17, 15) is 13.6 Å². The largest absolute Gasteiger partial charge is 0.359 e. The highest BCUT2D eigenvalue weighted by Crippen LogP contribution is 2.13. The molecule has 0 bridgehead atoms. The topological polar surface area (TPSA) is 87.1 Å². The van der Waals surface area contributed by atoms with Crippen LogP contribution in [0.15, 0.2) is 46.1 Å². The molecule has 0 spiro atoms. The van der Waals surface area contributed by atoms with Crippen LogP contribution in [0.5, 0.6) is 0 Å². The summed E-state index contributed by atoms with van der Waals surface area (Å²) in [4.78, 5) is 0.247. The molecule has 7 heteroatoms. The number of sulfone groups is 1. The maximum absolute atomic E-state index is 11.8. The molecule has 6 nitrogen and oxygen atoms in total. The maximum atomic E-state index is 11.8. The van der Waals surface area contributed by atoms with Crippen molar-refractivity contribution in [3.05, 3.63) is 47.4 Å². The molecule has 16 heavy (non-hydrogen) atoms. The van der Waals surface area contributed by atoms with E-state index in [1.165, 1.54) is 12.1 Å². The highest BCUT2D eigenvalue weighted by Gasteiger charge is 2.20. The van der Waals surface area contributed by atoms with Crippen molar-refractivity contribution in [1.82, 2.24) is 5.16 Å².